The molecule has 1 aliphatic rings. The zero-order valence-electron chi connectivity index (χ0n) is 19.2. The molecule has 34 heavy (non-hydrogen) atoms. The summed E-state index contributed by atoms with van der Waals surface area (Å²) in [5.41, 5.74) is 2.55. The number of likely N-dealkylation sites (tertiary alicyclic amines) is 1. The van der Waals surface area contributed by atoms with Crippen LogP contribution in [-0.4, -0.2) is 46.8 Å². The number of carbonyl (C=O) groups excluding carboxylic acids is 1. The minimum absolute atomic E-state index is 0.149. The van der Waals surface area contributed by atoms with Crippen LogP contribution >= 0.6 is 0 Å². The monoisotopic (exact) mass is 460 g/mol. The van der Waals surface area contributed by atoms with Crippen molar-refractivity contribution in [2.75, 3.05) is 19.7 Å². The minimum atomic E-state index is -1.07. The molecule has 178 valence electrons. The molecule has 6 nitrogen and oxygen atoms in total. The first kappa shape index (κ1) is 24.0. The van der Waals surface area contributed by atoms with Crippen LogP contribution in [0.15, 0.2) is 84.9 Å². The predicted octanol–water partition coefficient (Wildman–Crippen LogP) is 3.61. The maximum Gasteiger partial charge on any atom is 0.242 e. The Bertz CT molecular complexity index is 1020. The first-order valence-corrected chi connectivity index (χ1v) is 11.8. The smallest absolute Gasteiger partial charge is 0.242 e. The summed E-state index contributed by atoms with van der Waals surface area (Å²) in [4.78, 5) is 15.2. The number of benzene rings is 3. The molecule has 3 unspecified atom stereocenters. The fourth-order valence-corrected chi connectivity index (χ4v) is 4.28. The van der Waals surface area contributed by atoms with Crippen LogP contribution in [0.1, 0.15) is 41.7 Å². The highest BCUT2D eigenvalue weighted by Gasteiger charge is 2.34. The molecule has 3 aromatic carbocycles. The van der Waals surface area contributed by atoms with Gasteiger partial charge in [-0.3, -0.25) is 10.1 Å². The first-order valence-electron chi connectivity index (χ1n) is 11.8. The van der Waals surface area contributed by atoms with E-state index >= 15 is 0 Å². The number of nitrogens with one attached hydrogen (secondary N) is 1. The summed E-state index contributed by atoms with van der Waals surface area (Å²) < 4.78 is 5.85. The molecule has 4 rings (SSSR count). The molecule has 1 amide bonds. The Morgan fingerprint density at radius 1 is 0.882 bits per heavy atom. The van der Waals surface area contributed by atoms with E-state index in [0.29, 0.717) is 31.0 Å². The van der Waals surface area contributed by atoms with Crippen LogP contribution in [0.4, 0.5) is 0 Å². The van der Waals surface area contributed by atoms with Crippen LogP contribution in [0.5, 0.6) is 5.75 Å². The number of nitrogens with zero attached hydrogens (tertiary/aromatic N) is 1. The van der Waals surface area contributed by atoms with Crippen molar-refractivity contribution in [1.29, 1.82) is 0 Å². The van der Waals surface area contributed by atoms with Gasteiger partial charge in [-0.1, -0.05) is 72.8 Å². The topological polar surface area (TPSA) is 82.0 Å². The normalized spacial score (nSPS) is 16.1. The van der Waals surface area contributed by atoms with E-state index in [-0.39, 0.29) is 12.5 Å². The summed E-state index contributed by atoms with van der Waals surface area (Å²) in [5.74, 6) is 0.538. The van der Waals surface area contributed by atoms with E-state index in [4.69, 9.17) is 4.74 Å². The lowest BCUT2D eigenvalue weighted by atomic mass is 9.98. The second kappa shape index (κ2) is 11.8. The van der Waals surface area contributed by atoms with E-state index in [1.54, 1.807) is 29.2 Å². The van der Waals surface area contributed by atoms with Crippen LogP contribution in [-0.2, 0) is 11.4 Å². The predicted molar refractivity (Wildman–Crippen MR) is 131 cm³/mol. The van der Waals surface area contributed by atoms with Crippen molar-refractivity contribution < 1.29 is 19.7 Å². The van der Waals surface area contributed by atoms with Crippen LogP contribution in [0.3, 0.4) is 0 Å². The Kier molecular flexibility index (Phi) is 8.31. The van der Waals surface area contributed by atoms with Gasteiger partial charge in [0.05, 0.1) is 12.6 Å². The Morgan fingerprint density at radius 3 is 2.12 bits per heavy atom. The van der Waals surface area contributed by atoms with Gasteiger partial charge < -0.3 is 19.8 Å². The zero-order chi connectivity index (χ0) is 23.8. The lowest BCUT2D eigenvalue weighted by Crippen LogP contribution is -2.50. The Morgan fingerprint density at radius 2 is 1.50 bits per heavy atom. The van der Waals surface area contributed by atoms with Gasteiger partial charge in [-0.2, -0.15) is 0 Å². The van der Waals surface area contributed by atoms with Crippen molar-refractivity contribution in [3.05, 3.63) is 102 Å². The van der Waals surface area contributed by atoms with Gasteiger partial charge in [0.15, 0.2) is 0 Å². The third-order valence-corrected chi connectivity index (χ3v) is 6.23. The van der Waals surface area contributed by atoms with Gasteiger partial charge >= 0.3 is 0 Å². The summed E-state index contributed by atoms with van der Waals surface area (Å²) in [6.45, 7) is 1.64. The third-order valence-electron chi connectivity index (χ3n) is 6.23. The molecule has 0 aliphatic carbocycles. The average molecular weight is 461 g/mol. The van der Waals surface area contributed by atoms with E-state index in [0.717, 1.165) is 24.0 Å². The number of hydrogen-bond donors (Lipinski definition) is 3. The molecule has 1 aliphatic heterocycles. The minimum Gasteiger partial charge on any atom is -0.489 e. The van der Waals surface area contributed by atoms with Crippen LogP contribution < -0.4 is 10.1 Å². The van der Waals surface area contributed by atoms with E-state index < -0.39 is 18.2 Å². The summed E-state index contributed by atoms with van der Waals surface area (Å²) >= 11 is 0. The highest BCUT2D eigenvalue weighted by Crippen LogP contribution is 2.25. The van der Waals surface area contributed by atoms with Gasteiger partial charge in [0, 0.05) is 13.1 Å². The molecule has 0 spiro atoms. The molecule has 0 aromatic heterocycles. The Hall–Kier alpha value is -3.19. The maximum atomic E-state index is 13.4. The summed E-state index contributed by atoms with van der Waals surface area (Å²) in [6.07, 6.45) is 0.850. The van der Waals surface area contributed by atoms with E-state index in [2.05, 4.69) is 5.32 Å². The maximum absolute atomic E-state index is 13.4. The SMILES string of the molecule is O=C(C(NC(CO)c1ccccc1)C(O)c1ccc(OCc2ccccc2)cc1)N1CCCC1. The van der Waals surface area contributed by atoms with Gasteiger partial charge in [-0.15, -0.1) is 0 Å². The molecule has 1 fully saturated rings. The number of rotatable bonds is 10. The molecule has 0 bridgehead atoms. The number of ether oxygens (including phenoxy) is 1. The number of amides is 1. The summed E-state index contributed by atoms with van der Waals surface area (Å²) in [5, 5.41) is 24.5. The number of hydrogen-bond acceptors (Lipinski definition) is 5. The molecule has 3 atom stereocenters. The zero-order valence-corrected chi connectivity index (χ0v) is 19.2. The molecule has 1 heterocycles. The largest absolute Gasteiger partial charge is 0.489 e. The molecule has 0 radical (unpaired) electrons. The fourth-order valence-electron chi connectivity index (χ4n) is 4.28. The molecule has 6 heteroatoms. The van der Waals surface area contributed by atoms with Gasteiger partial charge in [-0.25, -0.2) is 0 Å². The molecule has 0 saturated carbocycles. The molecular weight excluding hydrogens is 428 g/mol. The van der Waals surface area contributed by atoms with Gasteiger partial charge in [0.1, 0.15) is 24.5 Å². The first-order chi connectivity index (χ1) is 16.7. The fraction of sp³-hybridized carbons (Fsp3) is 0.321. The van der Waals surface area contributed by atoms with Gasteiger partial charge in [0.25, 0.3) is 0 Å². The highest BCUT2D eigenvalue weighted by atomic mass is 16.5. The molecular formula is C28H32N2O4. The van der Waals surface area contributed by atoms with Crippen molar-refractivity contribution in [3.8, 4) is 5.75 Å². The molecule has 1 saturated heterocycles. The highest BCUT2D eigenvalue weighted by molar-refractivity contribution is 5.83. The van der Waals surface area contributed by atoms with Crippen molar-refractivity contribution >= 4 is 5.91 Å². The number of carbonyl (C=O) groups is 1. The van der Waals surface area contributed by atoms with Crippen LogP contribution in [0.25, 0.3) is 0 Å². The van der Waals surface area contributed by atoms with Gasteiger partial charge in [0.2, 0.25) is 5.91 Å². The number of aliphatic hydroxyl groups is 2. The molecule has 3 aromatic rings. The van der Waals surface area contributed by atoms with Crippen molar-refractivity contribution in [2.24, 2.45) is 0 Å². The second-order valence-corrected chi connectivity index (χ2v) is 8.61. The summed E-state index contributed by atoms with van der Waals surface area (Å²) in [6, 6.07) is 25.2. The molecule has 3 N–H and O–H groups in total. The Labute approximate surface area is 200 Å². The van der Waals surface area contributed by atoms with Crippen LogP contribution in [0, 0.1) is 0 Å². The van der Waals surface area contributed by atoms with E-state index in [9.17, 15) is 15.0 Å². The average Bonchev–Trinajstić information content (AvgIpc) is 3.44. The third kappa shape index (κ3) is 6.03. The quantitative estimate of drug-likeness (QED) is 0.431. The van der Waals surface area contributed by atoms with Crippen LogP contribution in [0.2, 0.25) is 0 Å². The van der Waals surface area contributed by atoms with Crippen molar-refractivity contribution in [3.63, 3.8) is 0 Å². The van der Waals surface area contributed by atoms with Crippen molar-refractivity contribution in [1.82, 2.24) is 10.2 Å². The van der Waals surface area contributed by atoms with Crippen molar-refractivity contribution in [2.45, 2.75) is 37.6 Å². The van der Waals surface area contributed by atoms with E-state index in [1.807, 2.05) is 60.7 Å². The second-order valence-electron chi connectivity index (χ2n) is 8.61. The lowest BCUT2D eigenvalue weighted by Gasteiger charge is -2.31. The lowest BCUT2D eigenvalue weighted by molar-refractivity contribution is -0.135. The summed E-state index contributed by atoms with van der Waals surface area (Å²) in [7, 11) is 0. The number of aliphatic hydroxyl groups excluding tert-OH is 2. The van der Waals surface area contributed by atoms with Gasteiger partial charge in [-0.05, 0) is 41.7 Å². The standard InChI is InChI=1S/C28H32N2O4/c31-19-25(22-11-5-2-6-12-22)29-26(28(33)30-17-7-8-18-30)27(32)23-13-15-24(16-14-23)34-20-21-9-3-1-4-10-21/h1-6,9-16,25-27,29,31-32H,7-8,17-20H2. The Balaban J connectivity index is 1.49. The van der Waals surface area contributed by atoms with E-state index in [1.165, 1.54) is 0 Å².